The van der Waals surface area contributed by atoms with E-state index in [1.165, 1.54) is 0 Å². The minimum absolute atomic E-state index is 0.0256. The van der Waals surface area contributed by atoms with Crippen molar-refractivity contribution in [1.29, 1.82) is 0 Å². The van der Waals surface area contributed by atoms with Crippen molar-refractivity contribution < 1.29 is 9.59 Å². The highest BCUT2D eigenvalue weighted by Crippen LogP contribution is 2.22. The number of piperidine rings is 1. The van der Waals surface area contributed by atoms with Crippen LogP contribution in [-0.2, 0) is 6.42 Å². The lowest BCUT2D eigenvalue weighted by molar-refractivity contribution is 0.0707. The SMILES string of the molecule is CCc1c(C(=O)N2CCC(NC(=O)Nc3ccccc3)CC2)cnn1-c1cccc(Cl)c1. The normalized spacial score (nSPS) is 14.2. The van der Waals surface area contributed by atoms with Gasteiger partial charge >= 0.3 is 6.03 Å². The highest BCUT2D eigenvalue weighted by Gasteiger charge is 2.27. The summed E-state index contributed by atoms with van der Waals surface area (Å²) in [5, 5.41) is 10.9. The first-order valence-corrected chi connectivity index (χ1v) is 11.2. The second-order valence-electron chi connectivity index (χ2n) is 7.78. The number of halogens is 1. The fraction of sp³-hybridized carbons (Fsp3) is 0.292. The molecule has 0 aliphatic carbocycles. The van der Waals surface area contributed by atoms with Crippen molar-refractivity contribution in [2.75, 3.05) is 18.4 Å². The number of amides is 3. The molecular weight excluding hydrogens is 426 g/mol. The molecule has 4 rings (SSSR count). The number of benzene rings is 2. The molecule has 1 aromatic heterocycles. The lowest BCUT2D eigenvalue weighted by Crippen LogP contribution is -2.47. The first kappa shape index (κ1) is 21.9. The third kappa shape index (κ3) is 4.94. The summed E-state index contributed by atoms with van der Waals surface area (Å²) in [6, 6.07) is 16.6. The number of hydrogen-bond acceptors (Lipinski definition) is 3. The Bertz CT molecular complexity index is 1090. The lowest BCUT2D eigenvalue weighted by atomic mass is 10.0. The molecule has 2 aromatic carbocycles. The van der Waals surface area contributed by atoms with E-state index in [-0.39, 0.29) is 18.0 Å². The third-order valence-corrected chi connectivity index (χ3v) is 5.87. The fourth-order valence-corrected chi connectivity index (χ4v) is 4.18. The van der Waals surface area contributed by atoms with E-state index in [0.29, 0.717) is 42.9 Å². The van der Waals surface area contributed by atoms with Gasteiger partial charge in [0.25, 0.3) is 5.91 Å². The van der Waals surface area contributed by atoms with E-state index < -0.39 is 0 Å². The molecule has 0 saturated carbocycles. The average Bonchev–Trinajstić information content (AvgIpc) is 3.24. The number of carbonyl (C=O) groups is 2. The second-order valence-corrected chi connectivity index (χ2v) is 8.22. The molecule has 1 aliphatic heterocycles. The fourth-order valence-electron chi connectivity index (χ4n) is 3.99. The van der Waals surface area contributed by atoms with Crippen LogP contribution in [0.2, 0.25) is 5.02 Å². The molecule has 2 heterocycles. The molecule has 166 valence electrons. The Balaban J connectivity index is 1.37. The van der Waals surface area contributed by atoms with Gasteiger partial charge in [0.2, 0.25) is 0 Å². The number of anilines is 1. The molecule has 8 heteroatoms. The molecule has 3 amide bonds. The van der Waals surface area contributed by atoms with E-state index in [2.05, 4.69) is 15.7 Å². The molecule has 0 spiro atoms. The Morgan fingerprint density at radius 1 is 1.09 bits per heavy atom. The second kappa shape index (κ2) is 9.87. The molecular formula is C24H26ClN5O2. The van der Waals surface area contributed by atoms with E-state index >= 15 is 0 Å². The number of carbonyl (C=O) groups excluding carboxylic acids is 2. The number of para-hydroxylation sites is 1. The van der Waals surface area contributed by atoms with Crippen LogP contribution in [0.25, 0.3) is 5.69 Å². The maximum absolute atomic E-state index is 13.2. The molecule has 2 N–H and O–H groups in total. The third-order valence-electron chi connectivity index (χ3n) is 5.64. The Kier molecular flexibility index (Phi) is 6.75. The molecule has 0 radical (unpaired) electrons. The summed E-state index contributed by atoms with van der Waals surface area (Å²) in [7, 11) is 0. The average molecular weight is 452 g/mol. The van der Waals surface area contributed by atoms with E-state index in [0.717, 1.165) is 17.1 Å². The summed E-state index contributed by atoms with van der Waals surface area (Å²) in [5.74, 6) is -0.0256. The minimum Gasteiger partial charge on any atom is -0.338 e. The maximum atomic E-state index is 13.2. The molecule has 0 bridgehead atoms. The van der Waals surface area contributed by atoms with Gasteiger partial charge in [-0.25, -0.2) is 9.48 Å². The number of hydrogen-bond donors (Lipinski definition) is 2. The molecule has 0 atom stereocenters. The van der Waals surface area contributed by atoms with Crippen molar-refractivity contribution in [3.05, 3.63) is 77.1 Å². The topological polar surface area (TPSA) is 79.3 Å². The van der Waals surface area contributed by atoms with Crippen LogP contribution >= 0.6 is 11.6 Å². The van der Waals surface area contributed by atoms with Crippen LogP contribution in [0.1, 0.15) is 35.8 Å². The van der Waals surface area contributed by atoms with Crippen LogP contribution in [0.3, 0.4) is 0 Å². The molecule has 3 aromatic rings. The van der Waals surface area contributed by atoms with Gasteiger partial charge in [-0.3, -0.25) is 4.79 Å². The van der Waals surface area contributed by atoms with Crippen LogP contribution in [0, 0.1) is 0 Å². The van der Waals surface area contributed by atoms with Gasteiger partial charge in [-0.1, -0.05) is 42.8 Å². The van der Waals surface area contributed by atoms with Gasteiger partial charge in [0.1, 0.15) is 0 Å². The van der Waals surface area contributed by atoms with E-state index in [1.807, 2.05) is 66.4 Å². The highest BCUT2D eigenvalue weighted by molar-refractivity contribution is 6.30. The molecule has 32 heavy (non-hydrogen) atoms. The van der Waals surface area contributed by atoms with Crippen LogP contribution in [0.5, 0.6) is 0 Å². The summed E-state index contributed by atoms with van der Waals surface area (Å²) >= 11 is 6.13. The van der Waals surface area contributed by atoms with E-state index in [1.54, 1.807) is 10.9 Å². The lowest BCUT2D eigenvalue weighted by Gasteiger charge is -2.32. The Morgan fingerprint density at radius 2 is 1.84 bits per heavy atom. The van der Waals surface area contributed by atoms with Crippen molar-refractivity contribution >= 4 is 29.2 Å². The summed E-state index contributed by atoms with van der Waals surface area (Å²) in [5.41, 5.74) is 3.06. The molecule has 1 aliphatic rings. The maximum Gasteiger partial charge on any atom is 0.319 e. The van der Waals surface area contributed by atoms with Crippen LogP contribution < -0.4 is 10.6 Å². The Morgan fingerprint density at radius 3 is 2.53 bits per heavy atom. The van der Waals surface area contributed by atoms with Crippen molar-refractivity contribution in [1.82, 2.24) is 20.0 Å². The molecule has 1 fully saturated rings. The van der Waals surface area contributed by atoms with Crippen LogP contribution in [0.4, 0.5) is 10.5 Å². The molecule has 7 nitrogen and oxygen atoms in total. The first-order chi connectivity index (χ1) is 15.5. The zero-order valence-electron chi connectivity index (χ0n) is 17.9. The number of aromatic nitrogens is 2. The zero-order chi connectivity index (χ0) is 22.5. The Hall–Kier alpha value is -3.32. The van der Waals surface area contributed by atoms with Gasteiger partial charge in [-0.2, -0.15) is 5.10 Å². The predicted octanol–water partition coefficient (Wildman–Crippen LogP) is 4.51. The summed E-state index contributed by atoms with van der Waals surface area (Å²) in [4.78, 5) is 27.3. The molecule has 0 unspecified atom stereocenters. The number of likely N-dealkylation sites (tertiary alicyclic amines) is 1. The zero-order valence-corrected chi connectivity index (χ0v) is 18.7. The quantitative estimate of drug-likeness (QED) is 0.598. The van der Waals surface area contributed by atoms with Crippen LogP contribution in [-0.4, -0.2) is 45.8 Å². The van der Waals surface area contributed by atoms with Crippen molar-refractivity contribution in [3.8, 4) is 5.69 Å². The van der Waals surface area contributed by atoms with Crippen molar-refractivity contribution in [2.45, 2.75) is 32.2 Å². The highest BCUT2D eigenvalue weighted by atomic mass is 35.5. The van der Waals surface area contributed by atoms with E-state index in [4.69, 9.17) is 11.6 Å². The smallest absolute Gasteiger partial charge is 0.319 e. The van der Waals surface area contributed by atoms with Gasteiger partial charge in [-0.15, -0.1) is 0 Å². The number of rotatable bonds is 5. The Labute approximate surface area is 192 Å². The largest absolute Gasteiger partial charge is 0.338 e. The number of nitrogens with zero attached hydrogens (tertiary/aromatic N) is 3. The van der Waals surface area contributed by atoms with Gasteiger partial charge in [0, 0.05) is 29.8 Å². The summed E-state index contributed by atoms with van der Waals surface area (Å²) < 4.78 is 1.78. The first-order valence-electron chi connectivity index (χ1n) is 10.8. The standard InChI is InChI=1S/C24H26ClN5O2/c1-2-22-21(16-26-30(22)20-10-6-7-17(25)15-20)23(31)29-13-11-19(12-14-29)28-24(32)27-18-8-4-3-5-9-18/h3-10,15-16,19H,2,11-14H2,1H3,(H2,27,28,32). The summed E-state index contributed by atoms with van der Waals surface area (Å²) in [6.45, 7) is 3.18. The summed E-state index contributed by atoms with van der Waals surface area (Å²) in [6.07, 6.45) is 3.72. The molecule has 1 saturated heterocycles. The number of urea groups is 1. The van der Waals surface area contributed by atoms with Crippen molar-refractivity contribution in [3.63, 3.8) is 0 Å². The van der Waals surface area contributed by atoms with Crippen molar-refractivity contribution in [2.24, 2.45) is 0 Å². The van der Waals surface area contributed by atoms with Crippen LogP contribution in [0.15, 0.2) is 60.8 Å². The monoisotopic (exact) mass is 451 g/mol. The number of nitrogens with one attached hydrogen (secondary N) is 2. The van der Waals surface area contributed by atoms with Gasteiger partial charge in [0.05, 0.1) is 23.1 Å². The predicted molar refractivity (Wildman–Crippen MR) is 125 cm³/mol. The van der Waals surface area contributed by atoms with Gasteiger partial charge in [0.15, 0.2) is 0 Å². The van der Waals surface area contributed by atoms with E-state index in [9.17, 15) is 9.59 Å². The van der Waals surface area contributed by atoms with Gasteiger partial charge < -0.3 is 15.5 Å². The minimum atomic E-state index is -0.225. The van der Waals surface area contributed by atoms with Gasteiger partial charge in [-0.05, 0) is 49.6 Å².